The fourth-order valence-electron chi connectivity index (χ4n) is 4.58. The van der Waals surface area contributed by atoms with Crippen LogP contribution in [-0.2, 0) is 22.7 Å². The third kappa shape index (κ3) is 4.71. The van der Waals surface area contributed by atoms with Gasteiger partial charge in [0.05, 0.1) is 4.91 Å². The summed E-state index contributed by atoms with van der Waals surface area (Å²) in [6.07, 6.45) is 5.42. The molecule has 33 heavy (non-hydrogen) atoms. The molecule has 2 heterocycles. The van der Waals surface area contributed by atoms with Gasteiger partial charge in [-0.1, -0.05) is 37.1 Å². The Morgan fingerprint density at radius 2 is 1.97 bits per heavy atom. The lowest BCUT2D eigenvalue weighted by Crippen LogP contribution is -2.51. The highest BCUT2D eigenvalue weighted by molar-refractivity contribution is 8.04. The summed E-state index contributed by atoms with van der Waals surface area (Å²) in [7, 11) is 0. The summed E-state index contributed by atoms with van der Waals surface area (Å²) in [4.78, 5) is 28.2. The van der Waals surface area contributed by atoms with Crippen LogP contribution in [0.4, 0.5) is 4.39 Å². The molecule has 2 atom stereocenters. The number of thioether (sulfide) groups is 1. The summed E-state index contributed by atoms with van der Waals surface area (Å²) in [6, 6.07) is 12.1. The predicted octanol–water partition coefficient (Wildman–Crippen LogP) is 4.14. The molecule has 2 aliphatic heterocycles. The second-order valence-corrected chi connectivity index (χ2v) is 9.73. The minimum absolute atomic E-state index is 0.0599. The Bertz CT molecular complexity index is 1110. The van der Waals surface area contributed by atoms with E-state index in [-0.39, 0.29) is 42.3 Å². The molecule has 2 fully saturated rings. The van der Waals surface area contributed by atoms with Crippen LogP contribution >= 0.6 is 11.8 Å². The normalized spacial score (nSPS) is 22.9. The van der Waals surface area contributed by atoms with Crippen LogP contribution in [0, 0.1) is 5.82 Å². The van der Waals surface area contributed by atoms with Crippen molar-refractivity contribution >= 4 is 23.6 Å². The second-order valence-electron chi connectivity index (χ2n) is 8.45. The van der Waals surface area contributed by atoms with E-state index in [2.05, 4.69) is 5.32 Å². The van der Waals surface area contributed by atoms with Crippen LogP contribution in [0.2, 0.25) is 0 Å². The number of rotatable bonds is 5. The summed E-state index contributed by atoms with van der Waals surface area (Å²) in [5, 5.41) is 3.07. The van der Waals surface area contributed by atoms with Gasteiger partial charge in [-0.15, -0.1) is 11.8 Å². The molecule has 0 spiro atoms. The molecule has 3 aliphatic rings. The molecule has 0 radical (unpaired) electrons. The zero-order valence-electron chi connectivity index (χ0n) is 18.1. The Labute approximate surface area is 196 Å². The zero-order chi connectivity index (χ0) is 22.8. The average molecular weight is 469 g/mol. The van der Waals surface area contributed by atoms with Gasteiger partial charge in [0.1, 0.15) is 5.82 Å². The molecule has 2 amide bonds. The number of nitrogens with zero attached hydrogens (tertiary/aromatic N) is 1. The van der Waals surface area contributed by atoms with Crippen LogP contribution in [0.25, 0.3) is 0 Å². The maximum absolute atomic E-state index is 14.3. The fraction of sp³-hybridized carbons (Fsp3) is 0.360. The molecule has 1 aliphatic carbocycles. The topological polar surface area (TPSA) is 67.9 Å². The van der Waals surface area contributed by atoms with Crippen LogP contribution < -0.4 is 14.8 Å². The molecule has 2 aromatic carbocycles. The lowest BCUT2D eigenvalue weighted by molar-refractivity contribution is -0.130. The van der Waals surface area contributed by atoms with Gasteiger partial charge in [-0.2, -0.15) is 0 Å². The van der Waals surface area contributed by atoms with E-state index in [4.69, 9.17) is 9.47 Å². The molecule has 2 unspecified atom stereocenters. The van der Waals surface area contributed by atoms with Crippen LogP contribution in [0.15, 0.2) is 53.4 Å². The molecular formula is C25H25FN2O4S. The summed E-state index contributed by atoms with van der Waals surface area (Å²) in [6.45, 7) is 0.717. The smallest absolute Gasteiger partial charge is 0.261 e. The van der Waals surface area contributed by atoms with Crippen LogP contribution in [0.3, 0.4) is 0 Å². The van der Waals surface area contributed by atoms with E-state index in [0.717, 1.165) is 31.2 Å². The first-order valence-electron chi connectivity index (χ1n) is 11.2. The SMILES string of the molecule is O=C(/C=C1\SC2CCCCC2N(Cc2ccccc2F)C1=O)NCc1ccc2c(c1)OCO2. The van der Waals surface area contributed by atoms with E-state index >= 15 is 0 Å². The Balaban J connectivity index is 1.30. The van der Waals surface area contributed by atoms with Gasteiger partial charge >= 0.3 is 0 Å². The number of hydrogen-bond donors (Lipinski definition) is 1. The van der Waals surface area contributed by atoms with Crippen molar-refractivity contribution in [3.8, 4) is 11.5 Å². The van der Waals surface area contributed by atoms with E-state index in [1.165, 1.54) is 23.9 Å². The van der Waals surface area contributed by atoms with Crippen molar-refractivity contribution in [2.75, 3.05) is 6.79 Å². The lowest BCUT2D eigenvalue weighted by atomic mass is 9.92. The summed E-state index contributed by atoms with van der Waals surface area (Å²) in [5.74, 6) is 0.495. The van der Waals surface area contributed by atoms with E-state index < -0.39 is 0 Å². The van der Waals surface area contributed by atoms with Crippen molar-refractivity contribution in [2.45, 2.75) is 50.1 Å². The van der Waals surface area contributed by atoms with E-state index in [0.29, 0.717) is 28.5 Å². The first-order chi connectivity index (χ1) is 16.1. The van der Waals surface area contributed by atoms with Crippen molar-refractivity contribution < 1.29 is 23.5 Å². The first kappa shape index (κ1) is 21.8. The van der Waals surface area contributed by atoms with Gasteiger partial charge in [-0.05, 0) is 36.6 Å². The number of hydrogen-bond acceptors (Lipinski definition) is 5. The minimum atomic E-state index is -0.330. The van der Waals surface area contributed by atoms with Crippen molar-refractivity contribution in [1.82, 2.24) is 10.2 Å². The molecule has 1 saturated heterocycles. The molecule has 6 nitrogen and oxygen atoms in total. The second kappa shape index (κ2) is 9.47. The monoisotopic (exact) mass is 468 g/mol. The molecule has 0 aromatic heterocycles. The molecule has 0 bridgehead atoms. The highest BCUT2D eigenvalue weighted by Gasteiger charge is 2.40. The van der Waals surface area contributed by atoms with Crippen molar-refractivity contribution in [1.29, 1.82) is 0 Å². The molecular weight excluding hydrogens is 443 g/mol. The number of amides is 2. The Kier molecular flexibility index (Phi) is 6.26. The molecule has 1 saturated carbocycles. The number of fused-ring (bicyclic) bond motifs is 2. The molecule has 5 rings (SSSR count). The molecule has 172 valence electrons. The molecule has 8 heteroatoms. The van der Waals surface area contributed by atoms with E-state index in [1.807, 2.05) is 18.2 Å². The third-order valence-electron chi connectivity index (χ3n) is 6.28. The molecule has 2 aromatic rings. The van der Waals surface area contributed by atoms with E-state index in [9.17, 15) is 14.0 Å². The van der Waals surface area contributed by atoms with Gasteiger partial charge in [-0.25, -0.2) is 4.39 Å². The number of nitrogens with one attached hydrogen (secondary N) is 1. The predicted molar refractivity (Wildman–Crippen MR) is 123 cm³/mol. The van der Waals surface area contributed by atoms with E-state index in [1.54, 1.807) is 23.1 Å². The Morgan fingerprint density at radius 3 is 2.85 bits per heavy atom. The summed E-state index contributed by atoms with van der Waals surface area (Å²) in [5.41, 5.74) is 1.37. The van der Waals surface area contributed by atoms with Crippen molar-refractivity contribution in [3.63, 3.8) is 0 Å². The highest BCUT2D eigenvalue weighted by Crippen LogP contribution is 2.42. The standard InChI is InChI=1S/C25H25FN2O4S/c26-18-6-2-1-5-17(18)14-28-19-7-3-4-8-22(19)33-23(25(28)30)12-24(29)27-13-16-9-10-20-21(11-16)32-15-31-20/h1-2,5-6,9-12,19,22H,3-4,7-8,13-15H2,(H,27,29)/b23-12-. The van der Waals surface area contributed by atoms with Gasteiger partial charge in [0.15, 0.2) is 11.5 Å². The quantitative estimate of drug-likeness (QED) is 0.668. The number of carbonyl (C=O) groups is 2. The van der Waals surface area contributed by atoms with Gasteiger partial charge in [0, 0.05) is 36.0 Å². The largest absolute Gasteiger partial charge is 0.454 e. The average Bonchev–Trinajstić information content (AvgIpc) is 3.29. The minimum Gasteiger partial charge on any atom is -0.454 e. The Morgan fingerprint density at radius 1 is 1.15 bits per heavy atom. The third-order valence-corrected chi connectivity index (χ3v) is 7.68. The van der Waals surface area contributed by atoms with Gasteiger partial charge < -0.3 is 19.7 Å². The number of carbonyl (C=O) groups excluding carboxylic acids is 2. The summed E-state index contributed by atoms with van der Waals surface area (Å²) < 4.78 is 25.0. The number of benzene rings is 2. The number of ether oxygens (including phenoxy) is 2. The lowest BCUT2D eigenvalue weighted by Gasteiger charge is -2.44. The van der Waals surface area contributed by atoms with Crippen molar-refractivity contribution in [3.05, 3.63) is 70.4 Å². The first-order valence-corrected chi connectivity index (χ1v) is 12.1. The van der Waals surface area contributed by atoms with Gasteiger partial charge in [-0.3, -0.25) is 9.59 Å². The number of halogens is 1. The van der Waals surface area contributed by atoms with Gasteiger partial charge in [0.25, 0.3) is 5.91 Å². The maximum Gasteiger partial charge on any atom is 0.261 e. The van der Waals surface area contributed by atoms with Crippen LogP contribution in [0.5, 0.6) is 11.5 Å². The summed E-state index contributed by atoms with van der Waals surface area (Å²) >= 11 is 1.49. The fourth-order valence-corrected chi connectivity index (χ4v) is 6.03. The van der Waals surface area contributed by atoms with Crippen LogP contribution in [-0.4, -0.2) is 34.8 Å². The Hall–Kier alpha value is -3.00. The zero-order valence-corrected chi connectivity index (χ0v) is 18.9. The highest BCUT2D eigenvalue weighted by atomic mass is 32.2. The molecule has 1 N–H and O–H groups in total. The van der Waals surface area contributed by atoms with Crippen molar-refractivity contribution in [2.24, 2.45) is 0 Å². The van der Waals surface area contributed by atoms with Crippen LogP contribution in [0.1, 0.15) is 36.8 Å². The van der Waals surface area contributed by atoms with Gasteiger partial charge in [0.2, 0.25) is 12.7 Å². The maximum atomic E-state index is 14.3.